The molecule has 0 aliphatic rings. The summed E-state index contributed by atoms with van der Waals surface area (Å²) in [6.07, 6.45) is 9.98. The van der Waals surface area contributed by atoms with Crippen LogP contribution in [0.5, 0.6) is 0 Å². The van der Waals surface area contributed by atoms with Crippen molar-refractivity contribution in [3.05, 3.63) is 142 Å². The largest absolute Gasteiger partial charge is 0.340 e. The number of nitrogens with zero attached hydrogens (tertiary/aromatic N) is 2. The van der Waals surface area contributed by atoms with Crippen LogP contribution in [0.4, 0.5) is 0 Å². The highest BCUT2D eigenvalue weighted by Gasteiger charge is 2.42. The van der Waals surface area contributed by atoms with Crippen LogP contribution < -0.4 is 20.7 Å². The Morgan fingerprint density at radius 2 is 0.774 bits per heavy atom. The molecule has 2 nitrogen and oxygen atoms in total. The Bertz CT molecular complexity index is 2340. The third kappa shape index (κ3) is 6.64. The van der Waals surface area contributed by atoms with Gasteiger partial charge in [0.1, 0.15) is 0 Å². The van der Waals surface area contributed by atoms with Gasteiger partial charge >= 0.3 is 0 Å². The summed E-state index contributed by atoms with van der Waals surface area (Å²) in [5.74, 6) is 0. The van der Waals surface area contributed by atoms with Gasteiger partial charge in [0.2, 0.25) is 0 Å². The van der Waals surface area contributed by atoms with Gasteiger partial charge in [0, 0.05) is 65.6 Å². The van der Waals surface area contributed by atoms with Gasteiger partial charge in [-0.1, -0.05) is 169 Å². The Morgan fingerprint density at radius 3 is 1.17 bits per heavy atom. The Balaban J connectivity index is 1.41. The van der Waals surface area contributed by atoms with E-state index in [1.165, 1.54) is 116 Å². The minimum Gasteiger partial charge on any atom is -0.340 e. The van der Waals surface area contributed by atoms with Crippen LogP contribution in [0.25, 0.3) is 43.6 Å². The molecule has 0 aliphatic carbocycles. The maximum atomic E-state index is 3.84. The van der Waals surface area contributed by atoms with Crippen molar-refractivity contribution in [3.63, 3.8) is 0 Å². The first-order valence-electron chi connectivity index (χ1n) is 19.6. The van der Waals surface area contributed by atoms with Crippen molar-refractivity contribution in [2.45, 2.75) is 78.3 Å². The molecule has 5 heteroatoms. The smallest absolute Gasteiger partial charge is 0.179 e. The summed E-state index contributed by atoms with van der Waals surface area (Å²) in [4.78, 5) is 0. The lowest BCUT2D eigenvalue weighted by molar-refractivity contribution is 0.602. The van der Waals surface area contributed by atoms with E-state index in [0.29, 0.717) is 0 Å². The molecule has 53 heavy (non-hydrogen) atoms. The van der Waals surface area contributed by atoms with Crippen molar-refractivity contribution in [2.75, 3.05) is 0 Å². The average molecular weight is 841 g/mol. The lowest BCUT2D eigenvalue weighted by Crippen LogP contribution is -2.74. The molecule has 0 saturated carbocycles. The Hall–Kier alpha value is -3.90. The number of benzene rings is 6. The summed E-state index contributed by atoms with van der Waals surface area (Å²) in [5, 5.41) is 11.0. The standard InChI is InChI=1S/C48H48Br2N2Si/c1-3-5-7-15-29-51-45-25-21-35(49)31-41(45)43-33-39(23-27-47(43)51)53(37-17-11-9-12-18-37,38-19-13-10-14-20-38)40-24-28-48-44(34-40)42-32-36(50)22-26-46(42)52(48)30-16-8-6-4-2/h9-14,17-28,31-34H,3-8,15-16,29-30H2,1-2H3. The molecule has 268 valence electrons. The summed E-state index contributed by atoms with van der Waals surface area (Å²) in [6, 6.07) is 51.4. The highest BCUT2D eigenvalue weighted by Crippen LogP contribution is 2.34. The van der Waals surface area contributed by atoms with Gasteiger partial charge in [0.05, 0.1) is 0 Å². The van der Waals surface area contributed by atoms with Gasteiger partial charge in [-0.3, -0.25) is 0 Å². The van der Waals surface area contributed by atoms with Crippen LogP contribution in [-0.2, 0) is 13.1 Å². The Kier molecular flexibility index (Phi) is 10.8. The monoisotopic (exact) mass is 838 g/mol. The lowest BCUT2D eigenvalue weighted by atomic mass is 10.1. The van der Waals surface area contributed by atoms with E-state index in [0.717, 1.165) is 22.0 Å². The van der Waals surface area contributed by atoms with Crippen LogP contribution >= 0.6 is 31.9 Å². The zero-order valence-electron chi connectivity index (χ0n) is 30.9. The van der Waals surface area contributed by atoms with Crippen molar-refractivity contribution < 1.29 is 0 Å². The molecule has 0 amide bonds. The van der Waals surface area contributed by atoms with E-state index in [-0.39, 0.29) is 0 Å². The molecule has 0 spiro atoms. The maximum absolute atomic E-state index is 3.84. The summed E-state index contributed by atoms with van der Waals surface area (Å²) < 4.78 is 7.39. The molecule has 0 saturated heterocycles. The summed E-state index contributed by atoms with van der Waals surface area (Å²) >= 11 is 7.67. The minimum atomic E-state index is -2.83. The fraction of sp³-hybridized carbons (Fsp3) is 0.250. The molecule has 0 radical (unpaired) electrons. The van der Waals surface area contributed by atoms with Crippen LogP contribution in [-0.4, -0.2) is 17.2 Å². The zero-order chi connectivity index (χ0) is 36.4. The molecule has 0 N–H and O–H groups in total. The predicted octanol–water partition coefficient (Wildman–Crippen LogP) is 12.0. The second kappa shape index (κ2) is 15.8. The van der Waals surface area contributed by atoms with Crippen LogP contribution in [0.3, 0.4) is 0 Å². The van der Waals surface area contributed by atoms with Gasteiger partial charge in [-0.25, -0.2) is 0 Å². The van der Waals surface area contributed by atoms with Crippen LogP contribution in [0, 0.1) is 0 Å². The van der Waals surface area contributed by atoms with Gasteiger partial charge in [-0.2, -0.15) is 0 Å². The Labute approximate surface area is 332 Å². The molecule has 2 heterocycles. The van der Waals surface area contributed by atoms with E-state index in [9.17, 15) is 0 Å². The Morgan fingerprint density at radius 1 is 0.396 bits per heavy atom. The van der Waals surface area contributed by atoms with E-state index in [2.05, 4.69) is 188 Å². The number of hydrogen-bond donors (Lipinski definition) is 0. The topological polar surface area (TPSA) is 9.86 Å². The molecule has 8 rings (SSSR count). The fourth-order valence-corrected chi connectivity index (χ4v) is 14.4. The predicted molar refractivity (Wildman–Crippen MR) is 240 cm³/mol. The molecular weight excluding hydrogens is 792 g/mol. The molecule has 0 unspecified atom stereocenters. The first-order chi connectivity index (χ1) is 26.0. The fourth-order valence-electron chi connectivity index (χ4n) is 8.87. The van der Waals surface area contributed by atoms with E-state index in [4.69, 9.17) is 0 Å². The molecule has 0 bridgehead atoms. The number of aryl methyl sites for hydroxylation is 2. The molecule has 0 fully saturated rings. The summed E-state index contributed by atoms with van der Waals surface area (Å²) in [7, 11) is -2.83. The number of fused-ring (bicyclic) bond motifs is 6. The molecule has 0 aliphatic heterocycles. The third-order valence-electron chi connectivity index (χ3n) is 11.4. The molecule has 0 atom stereocenters. The van der Waals surface area contributed by atoms with E-state index >= 15 is 0 Å². The van der Waals surface area contributed by atoms with Gasteiger partial charge in [-0.05, 0) is 82.1 Å². The number of hydrogen-bond acceptors (Lipinski definition) is 0. The summed E-state index contributed by atoms with van der Waals surface area (Å²) in [6.45, 7) is 6.66. The number of rotatable bonds is 14. The number of halogens is 2. The highest BCUT2D eigenvalue weighted by atomic mass is 79.9. The second-order valence-electron chi connectivity index (χ2n) is 14.7. The van der Waals surface area contributed by atoms with Crippen LogP contribution in [0.2, 0.25) is 0 Å². The van der Waals surface area contributed by atoms with Gasteiger partial charge < -0.3 is 9.13 Å². The maximum Gasteiger partial charge on any atom is 0.179 e. The third-order valence-corrected chi connectivity index (χ3v) is 17.1. The van der Waals surface area contributed by atoms with Gasteiger partial charge in [0.15, 0.2) is 8.07 Å². The molecule has 2 aromatic heterocycles. The number of aromatic nitrogens is 2. The van der Waals surface area contributed by atoms with Crippen LogP contribution in [0.1, 0.15) is 65.2 Å². The van der Waals surface area contributed by atoms with Gasteiger partial charge in [0.25, 0.3) is 0 Å². The SMILES string of the molecule is CCCCCCn1c2ccc(Br)cc2c2cc([Si](c3ccccc3)(c3ccccc3)c3ccc4c(c3)c3cc(Br)ccc3n4CCCCCC)ccc21. The van der Waals surface area contributed by atoms with Crippen LogP contribution in [0.15, 0.2) is 142 Å². The van der Waals surface area contributed by atoms with Crippen molar-refractivity contribution in [1.29, 1.82) is 0 Å². The average Bonchev–Trinajstić information content (AvgIpc) is 3.66. The number of unbranched alkanes of at least 4 members (excludes halogenated alkanes) is 6. The quantitative estimate of drug-likeness (QED) is 0.0586. The lowest BCUT2D eigenvalue weighted by Gasteiger charge is -2.34. The first kappa shape index (κ1) is 36.1. The normalized spacial score (nSPS) is 12.2. The van der Waals surface area contributed by atoms with Crippen molar-refractivity contribution >= 4 is 104 Å². The van der Waals surface area contributed by atoms with E-state index < -0.39 is 8.07 Å². The van der Waals surface area contributed by atoms with Crippen molar-refractivity contribution in [1.82, 2.24) is 9.13 Å². The highest BCUT2D eigenvalue weighted by molar-refractivity contribution is 9.10. The zero-order valence-corrected chi connectivity index (χ0v) is 35.1. The molecule has 8 aromatic rings. The van der Waals surface area contributed by atoms with Gasteiger partial charge in [-0.15, -0.1) is 0 Å². The minimum absolute atomic E-state index is 1.04. The van der Waals surface area contributed by atoms with E-state index in [1.807, 2.05) is 0 Å². The second-order valence-corrected chi connectivity index (χ2v) is 20.3. The molecular formula is C48H48Br2N2Si. The van der Waals surface area contributed by atoms with Crippen molar-refractivity contribution in [2.24, 2.45) is 0 Å². The van der Waals surface area contributed by atoms with Crippen molar-refractivity contribution in [3.8, 4) is 0 Å². The van der Waals surface area contributed by atoms with E-state index in [1.54, 1.807) is 0 Å². The first-order valence-corrected chi connectivity index (χ1v) is 23.2. The summed E-state index contributed by atoms with van der Waals surface area (Å²) in [5.41, 5.74) is 5.30. The molecule has 6 aromatic carbocycles.